The quantitative estimate of drug-likeness (QED) is 0.834. The lowest BCUT2D eigenvalue weighted by Crippen LogP contribution is -2.32. The lowest BCUT2D eigenvalue weighted by molar-refractivity contribution is -0.120. The fourth-order valence-corrected chi connectivity index (χ4v) is 1.06. The predicted molar refractivity (Wildman–Crippen MR) is 61.1 cm³/mol. The van der Waals surface area contributed by atoms with Crippen LogP contribution >= 0.6 is 0 Å². The van der Waals surface area contributed by atoms with E-state index in [1.54, 1.807) is 13.8 Å². The fourth-order valence-electron chi connectivity index (χ4n) is 1.06. The van der Waals surface area contributed by atoms with E-state index in [9.17, 15) is 9.59 Å². The lowest BCUT2D eigenvalue weighted by atomic mass is 10.1. The first kappa shape index (κ1) is 12.8. The summed E-state index contributed by atoms with van der Waals surface area (Å²) in [5.41, 5.74) is 0.584. The normalized spacial score (nSPS) is 9.76. The molecule has 0 fully saturated rings. The number of nitrogens with zero attached hydrogens (tertiary/aromatic N) is 2. The van der Waals surface area contributed by atoms with Gasteiger partial charge >= 0.3 is 0 Å². The topological polar surface area (TPSA) is 82.9 Å². The van der Waals surface area contributed by atoms with Crippen molar-refractivity contribution in [2.75, 3.05) is 6.54 Å². The molecule has 0 saturated carbocycles. The van der Waals surface area contributed by atoms with Crippen molar-refractivity contribution in [2.24, 2.45) is 5.92 Å². The average molecular weight is 231 g/mol. The Kier molecular flexibility index (Phi) is 4.35. The summed E-state index contributed by atoms with van der Waals surface area (Å²) in [5.74, 6) is -0.556. The Morgan fingerprint density at radius 2 is 2.18 bits per heavy atom. The second kappa shape index (κ2) is 5.75. The van der Waals surface area contributed by atoms with Gasteiger partial charge in [0, 0.05) is 12.1 Å². The van der Waals surface area contributed by atoms with Crippen LogP contribution in [0.3, 0.4) is 0 Å². The maximum Gasteiger partial charge on any atom is 0.270 e. The monoisotopic (exact) mass is 231 g/mol. The molecule has 0 aliphatic carbocycles. The molecular formula is C12H13N3O2. The van der Waals surface area contributed by atoms with E-state index in [1.165, 1.54) is 18.3 Å². The van der Waals surface area contributed by atoms with Crippen molar-refractivity contribution in [1.82, 2.24) is 10.3 Å². The average Bonchev–Trinajstić information content (AvgIpc) is 2.35. The number of Topliss-reactive ketones (excluding diaryl/α,β-unsaturated/α-hetero) is 1. The maximum absolute atomic E-state index is 11.6. The number of hydrogen-bond acceptors (Lipinski definition) is 4. The van der Waals surface area contributed by atoms with Crippen LogP contribution in [0.5, 0.6) is 0 Å². The van der Waals surface area contributed by atoms with E-state index in [2.05, 4.69) is 10.3 Å². The molecule has 1 aromatic rings. The van der Waals surface area contributed by atoms with Crippen LogP contribution < -0.4 is 5.32 Å². The highest BCUT2D eigenvalue weighted by Gasteiger charge is 2.11. The number of carbonyl (C=O) groups is 2. The Morgan fingerprint density at radius 1 is 1.47 bits per heavy atom. The third kappa shape index (κ3) is 3.68. The molecule has 1 aromatic heterocycles. The number of pyridine rings is 1. The smallest absolute Gasteiger partial charge is 0.270 e. The summed E-state index contributed by atoms with van der Waals surface area (Å²) < 4.78 is 0. The summed E-state index contributed by atoms with van der Waals surface area (Å²) in [4.78, 5) is 26.7. The third-order valence-electron chi connectivity index (χ3n) is 2.19. The number of amides is 1. The van der Waals surface area contributed by atoms with Gasteiger partial charge in [-0.1, -0.05) is 13.8 Å². The SMILES string of the molecule is CC(C)C(=O)CNC(=O)c1ccc(C#N)cn1. The zero-order chi connectivity index (χ0) is 12.8. The van der Waals surface area contributed by atoms with E-state index in [0.717, 1.165) is 0 Å². The molecule has 1 heterocycles. The van der Waals surface area contributed by atoms with Crippen molar-refractivity contribution in [3.05, 3.63) is 29.6 Å². The molecule has 0 aliphatic rings. The Bertz CT molecular complexity index is 458. The van der Waals surface area contributed by atoms with E-state index in [0.29, 0.717) is 5.56 Å². The van der Waals surface area contributed by atoms with Gasteiger partial charge in [-0.25, -0.2) is 4.98 Å². The molecule has 0 bridgehead atoms. The molecule has 0 radical (unpaired) electrons. The van der Waals surface area contributed by atoms with Crippen LogP contribution in [0.2, 0.25) is 0 Å². The highest BCUT2D eigenvalue weighted by Crippen LogP contribution is 1.99. The van der Waals surface area contributed by atoms with E-state index >= 15 is 0 Å². The first-order chi connectivity index (χ1) is 8.04. The zero-order valence-corrected chi connectivity index (χ0v) is 9.73. The molecule has 1 N–H and O–H groups in total. The van der Waals surface area contributed by atoms with Gasteiger partial charge in [0.05, 0.1) is 12.1 Å². The first-order valence-corrected chi connectivity index (χ1v) is 5.21. The predicted octanol–water partition coefficient (Wildman–Crippen LogP) is 0.908. The largest absolute Gasteiger partial charge is 0.344 e. The van der Waals surface area contributed by atoms with Crippen molar-refractivity contribution in [3.8, 4) is 6.07 Å². The number of ketones is 1. The standard InChI is InChI=1S/C12H13N3O2/c1-8(2)11(16)7-15-12(17)10-4-3-9(5-13)6-14-10/h3-4,6,8H,7H2,1-2H3,(H,15,17). The Balaban J connectivity index is 2.59. The van der Waals surface area contributed by atoms with Gasteiger partial charge < -0.3 is 5.32 Å². The van der Waals surface area contributed by atoms with Crippen LogP contribution in [-0.2, 0) is 4.79 Å². The summed E-state index contributed by atoms with van der Waals surface area (Å²) in [6.45, 7) is 3.54. The van der Waals surface area contributed by atoms with Crippen LogP contribution in [0.15, 0.2) is 18.3 Å². The molecule has 0 aromatic carbocycles. The minimum atomic E-state index is -0.413. The molecular weight excluding hydrogens is 218 g/mol. The van der Waals surface area contributed by atoms with E-state index in [1.807, 2.05) is 6.07 Å². The van der Waals surface area contributed by atoms with Crippen LogP contribution in [0.4, 0.5) is 0 Å². The Labute approximate surface area is 99.5 Å². The van der Waals surface area contributed by atoms with Gasteiger partial charge in [-0.2, -0.15) is 5.26 Å². The summed E-state index contributed by atoms with van der Waals surface area (Å²) in [7, 11) is 0. The van der Waals surface area contributed by atoms with Crippen molar-refractivity contribution in [3.63, 3.8) is 0 Å². The number of rotatable bonds is 4. The molecule has 0 atom stereocenters. The third-order valence-corrected chi connectivity index (χ3v) is 2.19. The molecule has 17 heavy (non-hydrogen) atoms. The minimum absolute atomic E-state index is 0.00180. The van der Waals surface area contributed by atoms with E-state index < -0.39 is 5.91 Å². The molecule has 5 heteroatoms. The summed E-state index contributed by atoms with van der Waals surface area (Å²) in [6, 6.07) is 4.87. The molecule has 0 saturated heterocycles. The molecule has 88 valence electrons. The second-order valence-corrected chi connectivity index (χ2v) is 3.85. The highest BCUT2D eigenvalue weighted by atomic mass is 16.2. The van der Waals surface area contributed by atoms with Gasteiger partial charge in [0.25, 0.3) is 5.91 Å². The van der Waals surface area contributed by atoms with Crippen molar-refractivity contribution < 1.29 is 9.59 Å². The molecule has 1 rings (SSSR count). The Morgan fingerprint density at radius 3 is 2.65 bits per heavy atom. The zero-order valence-electron chi connectivity index (χ0n) is 9.73. The molecule has 0 spiro atoms. The van der Waals surface area contributed by atoms with Gasteiger partial charge in [0.2, 0.25) is 0 Å². The summed E-state index contributed by atoms with van der Waals surface area (Å²) >= 11 is 0. The Hall–Kier alpha value is -2.22. The number of nitrogens with one attached hydrogen (secondary N) is 1. The van der Waals surface area contributed by atoms with Crippen LogP contribution in [-0.4, -0.2) is 23.2 Å². The van der Waals surface area contributed by atoms with E-state index in [-0.39, 0.29) is 23.9 Å². The number of nitriles is 1. The van der Waals surface area contributed by atoms with Crippen LogP contribution in [0.1, 0.15) is 29.9 Å². The van der Waals surface area contributed by atoms with Crippen molar-refractivity contribution in [1.29, 1.82) is 5.26 Å². The highest BCUT2D eigenvalue weighted by molar-refractivity contribution is 5.95. The summed E-state index contributed by atoms with van der Waals surface area (Å²) in [6.07, 6.45) is 1.32. The lowest BCUT2D eigenvalue weighted by Gasteiger charge is -2.05. The maximum atomic E-state index is 11.6. The molecule has 1 amide bonds. The number of carbonyl (C=O) groups excluding carboxylic acids is 2. The number of hydrogen-bond donors (Lipinski definition) is 1. The fraction of sp³-hybridized carbons (Fsp3) is 0.333. The van der Waals surface area contributed by atoms with Gasteiger partial charge in [-0.05, 0) is 12.1 Å². The molecule has 0 unspecified atom stereocenters. The molecule has 5 nitrogen and oxygen atoms in total. The van der Waals surface area contributed by atoms with E-state index in [4.69, 9.17) is 5.26 Å². The number of aromatic nitrogens is 1. The van der Waals surface area contributed by atoms with Crippen molar-refractivity contribution >= 4 is 11.7 Å². The van der Waals surface area contributed by atoms with Gasteiger partial charge in [-0.15, -0.1) is 0 Å². The van der Waals surface area contributed by atoms with Gasteiger partial charge in [-0.3, -0.25) is 9.59 Å². The van der Waals surface area contributed by atoms with Gasteiger partial charge in [0.1, 0.15) is 11.8 Å². The van der Waals surface area contributed by atoms with Crippen LogP contribution in [0, 0.1) is 17.2 Å². The van der Waals surface area contributed by atoms with Crippen LogP contribution in [0.25, 0.3) is 0 Å². The van der Waals surface area contributed by atoms with Crippen molar-refractivity contribution in [2.45, 2.75) is 13.8 Å². The minimum Gasteiger partial charge on any atom is -0.344 e. The summed E-state index contributed by atoms with van der Waals surface area (Å²) in [5, 5.41) is 11.1. The van der Waals surface area contributed by atoms with Gasteiger partial charge in [0.15, 0.2) is 5.78 Å². The first-order valence-electron chi connectivity index (χ1n) is 5.21. The second-order valence-electron chi connectivity index (χ2n) is 3.85. The molecule has 0 aliphatic heterocycles.